The van der Waals surface area contributed by atoms with Crippen molar-refractivity contribution in [3.8, 4) is 0 Å². The van der Waals surface area contributed by atoms with Crippen LogP contribution in [0.1, 0.15) is 49.7 Å². The highest BCUT2D eigenvalue weighted by molar-refractivity contribution is 5.82. The molecule has 20 heavy (non-hydrogen) atoms. The highest BCUT2D eigenvalue weighted by Gasteiger charge is 2.32. The largest absolute Gasteiger partial charge is 0.314 e. The van der Waals surface area contributed by atoms with Gasteiger partial charge in [-0.25, -0.2) is 4.39 Å². The second-order valence-electron chi connectivity index (χ2n) is 6.05. The number of carbonyl (C=O) groups excluding carboxylic acids is 1. The number of rotatable bonds is 5. The van der Waals surface area contributed by atoms with E-state index >= 15 is 0 Å². The van der Waals surface area contributed by atoms with Crippen LogP contribution in [0.2, 0.25) is 0 Å². The van der Waals surface area contributed by atoms with E-state index in [4.69, 9.17) is 0 Å². The Bertz CT molecular complexity index is 478. The summed E-state index contributed by atoms with van der Waals surface area (Å²) in [6, 6.07) is 4.67. The molecular weight excluding hydrogens is 253 g/mol. The topological polar surface area (TPSA) is 29.1 Å². The molecule has 1 N–H and O–H groups in total. The summed E-state index contributed by atoms with van der Waals surface area (Å²) in [5, 5.41) is 3.37. The molecule has 0 bridgehead atoms. The van der Waals surface area contributed by atoms with Crippen molar-refractivity contribution < 1.29 is 9.18 Å². The summed E-state index contributed by atoms with van der Waals surface area (Å²) in [7, 11) is 1.95. The minimum Gasteiger partial charge on any atom is -0.314 e. The predicted octanol–water partition coefficient (Wildman–Crippen LogP) is 3.56. The number of hydrogen-bond acceptors (Lipinski definition) is 2. The number of ketones is 1. The molecule has 3 heteroatoms. The molecule has 0 radical (unpaired) electrons. The van der Waals surface area contributed by atoms with E-state index in [-0.39, 0.29) is 17.1 Å². The zero-order valence-electron chi connectivity index (χ0n) is 12.5. The summed E-state index contributed by atoms with van der Waals surface area (Å²) in [6.07, 6.45) is 6.67. The minimum absolute atomic E-state index is 0.0312. The molecule has 1 aromatic rings. The fraction of sp³-hybridized carbons (Fsp3) is 0.588. The Labute approximate surface area is 120 Å². The average Bonchev–Trinajstić information content (AvgIpc) is 2.44. The van der Waals surface area contributed by atoms with Crippen molar-refractivity contribution in [2.45, 2.75) is 57.4 Å². The van der Waals surface area contributed by atoms with E-state index in [0.717, 1.165) is 24.0 Å². The van der Waals surface area contributed by atoms with Crippen LogP contribution in [0.5, 0.6) is 0 Å². The number of benzene rings is 1. The van der Waals surface area contributed by atoms with Crippen LogP contribution in [0.15, 0.2) is 18.2 Å². The van der Waals surface area contributed by atoms with Crippen molar-refractivity contribution in [2.75, 3.05) is 7.05 Å². The van der Waals surface area contributed by atoms with Gasteiger partial charge in [0.1, 0.15) is 11.6 Å². The number of Topliss-reactive ketones (excluding diaryl/α,β-unsaturated/α-hetero) is 1. The average molecular weight is 277 g/mol. The molecule has 1 saturated carbocycles. The van der Waals surface area contributed by atoms with E-state index in [9.17, 15) is 9.18 Å². The van der Waals surface area contributed by atoms with E-state index in [0.29, 0.717) is 12.8 Å². The van der Waals surface area contributed by atoms with Gasteiger partial charge in [-0.2, -0.15) is 0 Å². The highest BCUT2D eigenvalue weighted by atomic mass is 19.1. The second kappa shape index (κ2) is 6.49. The summed E-state index contributed by atoms with van der Waals surface area (Å²) in [5.74, 6) is -0.0608. The summed E-state index contributed by atoms with van der Waals surface area (Å²) in [5.41, 5.74) is 1.77. The molecule has 1 aromatic carbocycles. The highest BCUT2D eigenvalue weighted by Crippen LogP contribution is 2.31. The van der Waals surface area contributed by atoms with Gasteiger partial charge in [-0.1, -0.05) is 25.3 Å². The molecule has 0 spiro atoms. The van der Waals surface area contributed by atoms with Crippen LogP contribution in [-0.2, 0) is 11.2 Å². The van der Waals surface area contributed by atoms with Crippen molar-refractivity contribution in [1.82, 2.24) is 5.32 Å². The van der Waals surface area contributed by atoms with Gasteiger partial charge < -0.3 is 5.32 Å². The molecule has 2 rings (SSSR count). The van der Waals surface area contributed by atoms with Gasteiger partial charge in [0.15, 0.2) is 0 Å². The van der Waals surface area contributed by atoms with Crippen LogP contribution in [-0.4, -0.2) is 18.4 Å². The Morgan fingerprint density at radius 3 is 2.65 bits per heavy atom. The summed E-state index contributed by atoms with van der Waals surface area (Å²) in [6.45, 7) is 1.93. The zero-order valence-corrected chi connectivity index (χ0v) is 12.5. The maximum Gasteiger partial charge on any atom is 0.139 e. The Morgan fingerprint density at radius 1 is 1.30 bits per heavy atom. The Balaban J connectivity index is 2.02. The van der Waals surface area contributed by atoms with Crippen LogP contribution in [0.25, 0.3) is 0 Å². The van der Waals surface area contributed by atoms with Gasteiger partial charge in [-0.3, -0.25) is 4.79 Å². The first-order valence-electron chi connectivity index (χ1n) is 7.50. The van der Waals surface area contributed by atoms with E-state index in [1.807, 2.05) is 14.0 Å². The van der Waals surface area contributed by atoms with E-state index < -0.39 is 0 Å². The number of halogens is 1. The molecular formula is C17H24FNO. The number of nitrogens with one attached hydrogen (secondary N) is 1. The molecule has 1 aliphatic rings. The van der Waals surface area contributed by atoms with Gasteiger partial charge >= 0.3 is 0 Å². The van der Waals surface area contributed by atoms with Gasteiger partial charge in [0.25, 0.3) is 0 Å². The number of carbonyl (C=O) groups is 1. The molecule has 0 aromatic heterocycles. The number of hydrogen-bond donors (Lipinski definition) is 1. The second-order valence-corrected chi connectivity index (χ2v) is 6.05. The quantitative estimate of drug-likeness (QED) is 0.891. The molecule has 0 heterocycles. The zero-order chi connectivity index (χ0) is 14.6. The van der Waals surface area contributed by atoms with Gasteiger partial charge in [0.05, 0.1) is 0 Å². The summed E-state index contributed by atoms with van der Waals surface area (Å²) in [4.78, 5) is 12.3. The molecule has 0 atom stereocenters. The van der Waals surface area contributed by atoms with Crippen molar-refractivity contribution >= 4 is 5.78 Å². The Hall–Kier alpha value is -1.22. The first kappa shape index (κ1) is 15.2. The molecule has 1 aliphatic carbocycles. The van der Waals surface area contributed by atoms with Crippen molar-refractivity contribution in [2.24, 2.45) is 0 Å². The molecule has 0 unspecified atom stereocenters. The lowest BCUT2D eigenvalue weighted by Crippen LogP contribution is -2.46. The third-order valence-corrected chi connectivity index (χ3v) is 4.58. The molecule has 0 saturated heterocycles. The third kappa shape index (κ3) is 3.66. The SMILES string of the molecule is CNC1(CC(=O)Cc2cc(F)ccc2C)CCCCC1. The fourth-order valence-electron chi connectivity index (χ4n) is 3.23. The van der Waals surface area contributed by atoms with Crippen LogP contribution in [0.3, 0.4) is 0 Å². The molecule has 0 aliphatic heterocycles. The Kier molecular flexibility index (Phi) is 4.92. The molecule has 2 nitrogen and oxygen atoms in total. The first-order valence-corrected chi connectivity index (χ1v) is 7.50. The number of aryl methyl sites for hydroxylation is 1. The standard InChI is InChI=1S/C17H24FNO/c1-13-6-7-15(18)10-14(13)11-16(20)12-17(19-2)8-4-3-5-9-17/h6-7,10,19H,3-5,8-9,11-12H2,1-2H3. The van der Waals surface area contributed by atoms with Gasteiger partial charge in [0, 0.05) is 18.4 Å². The normalized spacial score (nSPS) is 17.9. The van der Waals surface area contributed by atoms with Crippen LogP contribution < -0.4 is 5.32 Å². The van der Waals surface area contributed by atoms with Crippen molar-refractivity contribution in [1.29, 1.82) is 0 Å². The van der Waals surface area contributed by atoms with Crippen LogP contribution in [0.4, 0.5) is 4.39 Å². The van der Waals surface area contributed by atoms with Gasteiger partial charge in [-0.15, -0.1) is 0 Å². The van der Waals surface area contributed by atoms with Crippen molar-refractivity contribution in [3.63, 3.8) is 0 Å². The fourth-order valence-corrected chi connectivity index (χ4v) is 3.23. The Morgan fingerprint density at radius 2 is 2.00 bits per heavy atom. The summed E-state index contributed by atoms with van der Waals surface area (Å²) < 4.78 is 13.3. The van der Waals surface area contributed by atoms with Crippen LogP contribution in [0, 0.1) is 12.7 Å². The van der Waals surface area contributed by atoms with E-state index in [1.165, 1.54) is 31.4 Å². The van der Waals surface area contributed by atoms with E-state index in [2.05, 4.69) is 5.32 Å². The lowest BCUT2D eigenvalue weighted by atomic mass is 9.77. The van der Waals surface area contributed by atoms with Gasteiger partial charge in [0.2, 0.25) is 0 Å². The summed E-state index contributed by atoms with van der Waals surface area (Å²) >= 11 is 0. The molecule has 110 valence electrons. The van der Waals surface area contributed by atoms with E-state index in [1.54, 1.807) is 6.07 Å². The lowest BCUT2D eigenvalue weighted by molar-refractivity contribution is -0.120. The van der Waals surface area contributed by atoms with Crippen molar-refractivity contribution in [3.05, 3.63) is 35.1 Å². The third-order valence-electron chi connectivity index (χ3n) is 4.58. The molecule has 1 fully saturated rings. The minimum atomic E-state index is -0.264. The monoisotopic (exact) mass is 277 g/mol. The smallest absolute Gasteiger partial charge is 0.139 e. The van der Waals surface area contributed by atoms with Gasteiger partial charge in [-0.05, 0) is 50.1 Å². The molecule has 0 amide bonds. The lowest BCUT2D eigenvalue weighted by Gasteiger charge is -2.36. The first-order chi connectivity index (χ1) is 9.54. The maximum atomic E-state index is 13.3. The predicted molar refractivity (Wildman–Crippen MR) is 79.3 cm³/mol. The maximum absolute atomic E-state index is 13.3. The van der Waals surface area contributed by atoms with Crippen LogP contribution >= 0.6 is 0 Å².